The number of nitrogens with two attached hydrogens (primary N) is 1. The van der Waals surface area contributed by atoms with Crippen LogP contribution in [0.1, 0.15) is 11.4 Å². The minimum Gasteiger partial charge on any atom is -0.497 e. The van der Waals surface area contributed by atoms with Crippen molar-refractivity contribution in [3.8, 4) is 5.75 Å². The highest BCUT2D eigenvalue weighted by atomic mass is 35.5. The predicted octanol–water partition coefficient (Wildman–Crippen LogP) is 1.41. The summed E-state index contributed by atoms with van der Waals surface area (Å²) in [6, 6.07) is 5.96. The lowest BCUT2D eigenvalue weighted by Gasteiger charge is -2.49. The van der Waals surface area contributed by atoms with Crippen LogP contribution in [0.3, 0.4) is 0 Å². The van der Waals surface area contributed by atoms with Gasteiger partial charge < -0.3 is 25.4 Å². The number of oxime groups is 1. The Labute approximate surface area is 223 Å². The van der Waals surface area contributed by atoms with E-state index in [9.17, 15) is 18.8 Å². The summed E-state index contributed by atoms with van der Waals surface area (Å²) in [6.07, 6.45) is 0. The van der Waals surface area contributed by atoms with E-state index < -0.39 is 41.8 Å². The average Bonchev–Trinajstić information content (AvgIpc) is 3.35. The maximum Gasteiger partial charge on any atom is 0.355 e. The third-order valence-corrected chi connectivity index (χ3v) is 7.50. The molecule has 2 atom stereocenters. The molecule has 2 aliphatic heterocycles. The Balaban J connectivity index is 1.46. The van der Waals surface area contributed by atoms with Gasteiger partial charge in [-0.3, -0.25) is 14.5 Å². The van der Waals surface area contributed by atoms with E-state index in [0.29, 0.717) is 17.1 Å². The van der Waals surface area contributed by atoms with Gasteiger partial charge in [-0.15, -0.1) is 23.4 Å². The number of carbonyl (C=O) groups excluding carboxylic acids is 3. The number of hydrogen-bond donors (Lipinski definition) is 2. The van der Waals surface area contributed by atoms with Crippen LogP contribution >= 0.6 is 34.9 Å². The normalized spacial score (nSPS) is 19.2. The number of rotatable bonds is 10. The summed E-state index contributed by atoms with van der Waals surface area (Å²) in [5.74, 6) is -1.31. The Morgan fingerprint density at radius 1 is 1.35 bits per heavy atom. The van der Waals surface area contributed by atoms with Crippen molar-refractivity contribution in [1.29, 1.82) is 0 Å². The van der Waals surface area contributed by atoms with Gasteiger partial charge in [0.25, 0.3) is 18.7 Å². The minimum absolute atomic E-state index is 0.0157. The molecule has 2 aliphatic rings. The van der Waals surface area contributed by atoms with Crippen molar-refractivity contribution in [1.82, 2.24) is 19.6 Å². The van der Waals surface area contributed by atoms with Crippen molar-refractivity contribution in [2.75, 3.05) is 31.3 Å². The van der Waals surface area contributed by atoms with E-state index in [2.05, 4.69) is 24.7 Å². The molecule has 37 heavy (non-hydrogen) atoms. The number of carbonyl (C=O) groups is 3. The third kappa shape index (κ3) is 5.62. The Kier molecular flexibility index (Phi) is 8.45. The summed E-state index contributed by atoms with van der Waals surface area (Å²) in [4.78, 5) is 48.3. The van der Waals surface area contributed by atoms with Gasteiger partial charge in [-0.25, -0.2) is 9.18 Å². The summed E-state index contributed by atoms with van der Waals surface area (Å²) in [7, 11) is 1.55. The highest BCUT2D eigenvalue weighted by Crippen LogP contribution is 2.41. The van der Waals surface area contributed by atoms with Gasteiger partial charge in [-0.05, 0) is 23.3 Å². The predicted molar refractivity (Wildman–Crippen MR) is 133 cm³/mol. The molecule has 1 saturated heterocycles. The standard InChI is InChI=1S/C21H20ClFN6O6S2/c1-33-12-4-2-10(3-5-12)7-34-20(32)15-11(6-22)8-36-19-14(18(31)29(15)19)25-17(30)13(27-35-9-23)16-26-21(24)37-28-16/h2-5,14,19H,6-9H2,1H3,(H,25,30)(H2,24,26,28)/t14-,19-/m1/s1. The number of fused-ring (bicyclic) bond motifs is 1. The van der Waals surface area contributed by atoms with E-state index in [1.54, 1.807) is 31.4 Å². The molecule has 0 spiro atoms. The number of nitrogen functional groups attached to an aromatic ring is 1. The van der Waals surface area contributed by atoms with Crippen molar-refractivity contribution in [2.45, 2.75) is 18.0 Å². The number of thioether (sulfide) groups is 1. The second-order valence-electron chi connectivity index (χ2n) is 7.51. The fraction of sp³-hybridized carbons (Fsp3) is 0.333. The quantitative estimate of drug-likeness (QED) is 0.141. The number of benzene rings is 1. The average molecular weight is 571 g/mol. The number of methoxy groups -OCH3 is 1. The molecule has 0 aliphatic carbocycles. The molecule has 0 saturated carbocycles. The van der Waals surface area contributed by atoms with Crippen LogP contribution in [0.15, 0.2) is 40.7 Å². The number of nitrogens with zero attached hydrogens (tertiary/aromatic N) is 4. The molecular weight excluding hydrogens is 551 g/mol. The van der Waals surface area contributed by atoms with E-state index in [4.69, 9.17) is 26.8 Å². The van der Waals surface area contributed by atoms with Crippen molar-refractivity contribution >= 4 is 63.5 Å². The maximum atomic E-state index is 13.0. The van der Waals surface area contributed by atoms with Crippen LogP contribution in [0.25, 0.3) is 0 Å². The molecule has 16 heteroatoms. The van der Waals surface area contributed by atoms with Crippen molar-refractivity contribution in [3.05, 3.63) is 46.9 Å². The zero-order valence-corrected chi connectivity index (χ0v) is 21.6. The molecule has 4 rings (SSSR count). The molecule has 3 heterocycles. The zero-order chi connectivity index (χ0) is 26.5. The van der Waals surface area contributed by atoms with E-state index in [1.165, 1.54) is 16.7 Å². The Bertz CT molecular complexity index is 1260. The van der Waals surface area contributed by atoms with Crippen LogP contribution in [0.5, 0.6) is 5.75 Å². The van der Waals surface area contributed by atoms with Gasteiger partial charge in [-0.1, -0.05) is 17.3 Å². The smallest absolute Gasteiger partial charge is 0.355 e. The lowest BCUT2D eigenvalue weighted by molar-refractivity contribution is -0.153. The first-order valence-corrected chi connectivity index (χ1v) is 12.9. The van der Waals surface area contributed by atoms with Gasteiger partial charge in [0.2, 0.25) is 11.5 Å². The molecular formula is C21H20ClFN6O6S2. The Hall–Kier alpha value is -3.43. The number of aromatic nitrogens is 2. The minimum atomic E-state index is -1.29. The number of nitrogens with one attached hydrogen (secondary N) is 1. The molecule has 0 unspecified atom stereocenters. The van der Waals surface area contributed by atoms with Crippen LogP contribution in [0, 0.1) is 0 Å². The third-order valence-electron chi connectivity index (χ3n) is 5.29. The number of β-lactam (4-membered cyclic amide) rings is 1. The summed E-state index contributed by atoms with van der Waals surface area (Å²) >= 11 is 8.17. The molecule has 2 aromatic rings. The topological polar surface area (TPSA) is 158 Å². The van der Waals surface area contributed by atoms with E-state index in [1.807, 2.05) is 0 Å². The van der Waals surface area contributed by atoms with Gasteiger partial charge in [0.1, 0.15) is 29.5 Å². The van der Waals surface area contributed by atoms with Gasteiger partial charge in [-0.2, -0.15) is 9.36 Å². The lowest BCUT2D eigenvalue weighted by Crippen LogP contribution is -2.71. The monoisotopic (exact) mass is 570 g/mol. The molecule has 1 aromatic heterocycles. The molecule has 0 radical (unpaired) electrons. The number of amides is 2. The van der Waals surface area contributed by atoms with E-state index >= 15 is 0 Å². The first-order chi connectivity index (χ1) is 17.9. The lowest BCUT2D eigenvalue weighted by atomic mass is 10.0. The Morgan fingerprint density at radius 2 is 2.11 bits per heavy atom. The van der Waals surface area contributed by atoms with Crippen LogP contribution in [-0.4, -0.2) is 74.8 Å². The number of hydrogen-bond acceptors (Lipinski definition) is 12. The maximum absolute atomic E-state index is 13.0. The number of halogens is 2. The van der Waals surface area contributed by atoms with Gasteiger partial charge in [0, 0.05) is 23.2 Å². The highest BCUT2D eigenvalue weighted by Gasteiger charge is 2.54. The van der Waals surface area contributed by atoms with Crippen LogP contribution in [0.2, 0.25) is 0 Å². The van der Waals surface area contributed by atoms with Crippen LogP contribution in [-0.2, 0) is 30.6 Å². The number of ether oxygens (including phenoxy) is 2. The summed E-state index contributed by atoms with van der Waals surface area (Å²) < 4.78 is 26.9. The Morgan fingerprint density at radius 3 is 2.73 bits per heavy atom. The molecule has 0 bridgehead atoms. The van der Waals surface area contributed by atoms with E-state index in [0.717, 1.165) is 17.1 Å². The van der Waals surface area contributed by atoms with Gasteiger partial charge in [0.05, 0.1) is 7.11 Å². The zero-order valence-electron chi connectivity index (χ0n) is 19.2. The molecule has 12 nitrogen and oxygen atoms in total. The summed E-state index contributed by atoms with van der Waals surface area (Å²) in [5, 5.41) is 5.39. The van der Waals surface area contributed by atoms with Crippen molar-refractivity contribution in [3.63, 3.8) is 0 Å². The first-order valence-electron chi connectivity index (χ1n) is 10.6. The largest absolute Gasteiger partial charge is 0.497 e. The van der Waals surface area contributed by atoms with E-state index in [-0.39, 0.29) is 29.1 Å². The molecule has 3 N–H and O–H groups in total. The fourth-order valence-corrected chi connectivity index (χ4v) is 5.64. The summed E-state index contributed by atoms with van der Waals surface area (Å²) in [6.45, 7) is -1.32. The molecule has 196 valence electrons. The second kappa shape index (κ2) is 11.7. The number of esters is 1. The van der Waals surface area contributed by atoms with Crippen LogP contribution in [0.4, 0.5) is 9.52 Å². The van der Waals surface area contributed by atoms with Crippen LogP contribution < -0.4 is 15.8 Å². The number of alkyl halides is 2. The van der Waals surface area contributed by atoms with Crippen molar-refractivity contribution in [2.24, 2.45) is 5.16 Å². The molecule has 1 fully saturated rings. The first kappa shape index (κ1) is 26.6. The molecule has 2 amide bonds. The summed E-state index contributed by atoms with van der Waals surface area (Å²) in [5.41, 5.74) is 6.40. The second-order valence-corrected chi connectivity index (χ2v) is 9.66. The van der Waals surface area contributed by atoms with Gasteiger partial charge in [0.15, 0.2) is 5.13 Å². The SMILES string of the molecule is COc1ccc(COC(=O)C2=C(CCl)CS[C@@H]3[C@H](NC(=O)C(=NOCF)c4nsc(N)n4)C(=O)N23)cc1. The van der Waals surface area contributed by atoms with Crippen molar-refractivity contribution < 1.29 is 33.1 Å². The van der Waals surface area contributed by atoms with Gasteiger partial charge >= 0.3 is 5.97 Å². The fourth-order valence-electron chi connectivity index (χ4n) is 3.53. The number of anilines is 1. The molecule has 1 aromatic carbocycles. The highest BCUT2D eigenvalue weighted by molar-refractivity contribution is 8.00.